The van der Waals surface area contributed by atoms with Gasteiger partial charge >= 0.3 is 5.97 Å². The molecule has 1 aliphatic carbocycles. The molecular formula is C9H12N8O2. The molecule has 10 heteroatoms. The zero-order chi connectivity index (χ0) is 13.4. The van der Waals surface area contributed by atoms with Crippen LogP contribution < -0.4 is 5.73 Å². The van der Waals surface area contributed by atoms with Crippen LogP contribution in [0.5, 0.6) is 0 Å². The van der Waals surface area contributed by atoms with Crippen molar-refractivity contribution >= 4 is 5.97 Å². The van der Waals surface area contributed by atoms with Gasteiger partial charge in [0.05, 0.1) is 11.7 Å². The molecule has 0 aromatic carbocycles. The third kappa shape index (κ3) is 2.05. The van der Waals surface area contributed by atoms with Crippen molar-refractivity contribution in [1.29, 1.82) is 0 Å². The molecule has 0 radical (unpaired) electrons. The smallest absolute Gasteiger partial charge is 0.358 e. The molecule has 1 aliphatic rings. The third-order valence-corrected chi connectivity index (χ3v) is 2.98. The summed E-state index contributed by atoms with van der Waals surface area (Å²) in [5.74, 6) is -0.521. The first-order valence-electron chi connectivity index (χ1n) is 5.83. The van der Waals surface area contributed by atoms with Crippen LogP contribution in [0.4, 0.5) is 0 Å². The Labute approximate surface area is 107 Å². The van der Waals surface area contributed by atoms with E-state index in [1.807, 2.05) is 0 Å². The number of aromatic nitrogens is 7. The standard InChI is InChI=1S/C9H12N8O2/c10-3-6-8(9(18)19)12-14-16(6)4-7-11-13-15-17(7)5-1-2-5/h5H,1-4,10H2,(H,18,19). The molecule has 2 aromatic rings. The molecule has 0 spiro atoms. The minimum Gasteiger partial charge on any atom is -0.476 e. The van der Waals surface area contributed by atoms with Crippen molar-refractivity contribution in [1.82, 2.24) is 35.2 Å². The number of rotatable bonds is 5. The molecule has 1 fully saturated rings. The van der Waals surface area contributed by atoms with Gasteiger partial charge in [-0.3, -0.25) is 0 Å². The predicted molar refractivity (Wildman–Crippen MR) is 60.1 cm³/mol. The molecular weight excluding hydrogens is 252 g/mol. The molecule has 10 nitrogen and oxygen atoms in total. The second-order valence-corrected chi connectivity index (χ2v) is 4.32. The van der Waals surface area contributed by atoms with E-state index in [4.69, 9.17) is 10.8 Å². The Kier molecular flexibility index (Phi) is 2.71. The van der Waals surface area contributed by atoms with E-state index >= 15 is 0 Å². The predicted octanol–water partition coefficient (Wildman–Crippen LogP) is -1.20. The quantitative estimate of drug-likeness (QED) is 0.687. The number of aromatic carboxylic acids is 1. The van der Waals surface area contributed by atoms with Crippen molar-refractivity contribution in [2.45, 2.75) is 32.0 Å². The van der Waals surface area contributed by atoms with Crippen LogP contribution >= 0.6 is 0 Å². The van der Waals surface area contributed by atoms with E-state index in [1.165, 1.54) is 4.68 Å². The van der Waals surface area contributed by atoms with Gasteiger partial charge in [0.1, 0.15) is 6.54 Å². The van der Waals surface area contributed by atoms with Crippen LogP contribution in [-0.4, -0.2) is 46.3 Å². The maximum Gasteiger partial charge on any atom is 0.358 e. The zero-order valence-electron chi connectivity index (χ0n) is 9.97. The highest BCUT2D eigenvalue weighted by atomic mass is 16.4. The number of nitrogens with two attached hydrogens (primary N) is 1. The second kappa shape index (κ2) is 4.39. The molecule has 0 saturated heterocycles. The van der Waals surface area contributed by atoms with Crippen molar-refractivity contribution in [3.8, 4) is 0 Å². The maximum atomic E-state index is 11.0. The largest absolute Gasteiger partial charge is 0.476 e. The molecule has 0 aliphatic heterocycles. The summed E-state index contributed by atoms with van der Waals surface area (Å²) >= 11 is 0. The average Bonchev–Trinajstić information content (AvgIpc) is 2.99. The summed E-state index contributed by atoms with van der Waals surface area (Å²) in [7, 11) is 0. The van der Waals surface area contributed by atoms with Gasteiger partial charge in [-0.25, -0.2) is 14.2 Å². The van der Waals surface area contributed by atoms with Gasteiger partial charge in [0.15, 0.2) is 11.5 Å². The SMILES string of the molecule is NCc1c(C(=O)O)nnn1Cc1nnnn1C1CC1. The zero-order valence-corrected chi connectivity index (χ0v) is 9.97. The van der Waals surface area contributed by atoms with Gasteiger partial charge in [0.25, 0.3) is 0 Å². The molecule has 19 heavy (non-hydrogen) atoms. The monoisotopic (exact) mass is 264 g/mol. The van der Waals surface area contributed by atoms with Crippen LogP contribution in [-0.2, 0) is 13.1 Å². The summed E-state index contributed by atoms with van der Waals surface area (Å²) in [6, 6.07) is 0.341. The number of hydrogen-bond acceptors (Lipinski definition) is 7. The number of hydrogen-bond donors (Lipinski definition) is 2. The van der Waals surface area contributed by atoms with E-state index in [-0.39, 0.29) is 18.8 Å². The summed E-state index contributed by atoms with van der Waals surface area (Å²) in [4.78, 5) is 11.0. The topological polar surface area (TPSA) is 138 Å². The highest BCUT2D eigenvalue weighted by Crippen LogP contribution is 2.34. The van der Waals surface area contributed by atoms with Gasteiger partial charge in [-0.2, -0.15) is 0 Å². The summed E-state index contributed by atoms with van der Waals surface area (Å²) in [5.41, 5.74) is 5.78. The van der Waals surface area contributed by atoms with Crippen LogP contribution in [0.2, 0.25) is 0 Å². The lowest BCUT2D eigenvalue weighted by atomic mass is 10.3. The normalized spacial score (nSPS) is 14.8. The lowest BCUT2D eigenvalue weighted by Gasteiger charge is -2.05. The van der Waals surface area contributed by atoms with E-state index < -0.39 is 5.97 Å². The van der Waals surface area contributed by atoms with Crippen molar-refractivity contribution in [3.63, 3.8) is 0 Å². The summed E-state index contributed by atoms with van der Waals surface area (Å²) in [6.07, 6.45) is 2.11. The van der Waals surface area contributed by atoms with E-state index in [2.05, 4.69) is 25.8 Å². The van der Waals surface area contributed by atoms with Gasteiger partial charge in [0, 0.05) is 6.54 Å². The number of carboxylic acid groups (broad SMARTS) is 1. The molecule has 1 saturated carbocycles. The van der Waals surface area contributed by atoms with Gasteiger partial charge < -0.3 is 10.8 Å². The lowest BCUT2D eigenvalue weighted by molar-refractivity contribution is 0.0689. The Morgan fingerprint density at radius 1 is 1.37 bits per heavy atom. The molecule has 0 bridgehead atoms. The lowest BCUT2D eigenvalue weighted by Crippen LogP contribution is -2.16. The fourth-order valence-corrected chi connectivity index (χ4v) is 1.88. The Morgan fingerprint density at radius 2 is 2.16 bits per heavy atom. The minimum atomic E-state index is -1.14. The number of tetrazole rings is 1. The Bertz CT molecular complexity index is 614. The molecule has 3 rings (SSSR count). The van der Waals surface area contributed by atoms with Gasteiger partial charge in [-0.1, -0.05) is 5.21 Å². The van der Waals surface area contributed by atoms with Crippen molar-refractivity contribution in [2.75, 3.05) is 0 Å². The highest BCUT2D eigenvalue weighted by Gasteiger charge is 2.28. The van der Waals surface area contributed by atoms with Crippen molar-refractivity contribution < 1.29 is 9.90 Å². The van der Waals surface area contributed by atoms with E-state index in [0.29, 0.717) is 17.6 Å². The van der Waals surface area contributed by atoms with Crippen LogP contribution in [0.3, 0.4) is 0 Å². The first kappa shape index (κ1) is 11.7. The first-order valence-corrected chi connectivity index (χ1v) is 5.83. The van der Waals surface area contributed by atoms with Crippen LogP contribution in [0.25, 0.3) is 0 Å². The van der Waals surface area contributed by atoms with Crippen LogP contribution in [0.15, 0.2) is 0 Å². The second-order valence-electron chi connectivity index (χ2n) is 4.32. The Morgan fingerprint density at radius 3 is 2.79 bits per heavy atom. The van der Waals surface area contributed by atoms with Crippen LogP contribution in [0, 0.1) is 0 Å². The Balaban J connectivity index is 1.90. The maximum absolute atomic E-state index is 11.0. The molecule has 2 heterocycles. The third-order valence-electron chi connectivity index (χ3n) is 2.98. The van der Waals surface area contributed by atoms with Gasteiger partial charge in [-0.15, -0.1) is 10.2 Å². The number of carbonyl (C=O) groups is 1. The molecule has 0 atom stereocenters. The fourth-order valence-electron chi connectivity index (χ4n) is 1.88. The molecule has 3 N–H and O–H groups in total. The highest BCUT2D eigenvalue weighted by molar-refractivity contribution is 5.86. The first-order chi connectivity index (χ1) is 9.20. The molecule has 100 valence electrons. The summed E-state index contributed by atoms with van der Waals surface area (Å²) in [6.45, 7) is 0.302. The number of nitrogens with zero attached hydrogens (tertiary/aromatic N) is 7. The molecule has 0 amide bonds. The van der Waals surface area contributed by atoms with Gasteiger partial charge in [-0.05, 0) is 23.3 Å². The van der Waals surface area contributed by atoms with E-state index in [0.717, 1.165) is 12.8 Å². The minimum absolute atomic E-state index is 0.0413. The van der Waals surface area contributed by atoms with E-state index in [1.54, 1.807) is 4.68 Å². The fraction of sp³-hybridized carbons (Fsp3) is 0.556. The average molecular weight is 264 g/mol. The number of carboxylic acids is 1. The van der Waals surface area contributed by atoms with Gasteiger partial charge in [0.2, 0.25) is 0 Å². The summed E-state index contributed by atoms with van der Waals surface area (Å²) in [5, 5.41) is 27.9. The van der Waals surface area contributed by atoms with Crippen molar-refractivity contribution in [2.24, 2.45) is 5.73 Å². The molecule has 2 aromatic heterocycles. The Hall–Kier alpha value is -2.36. The van der Waals surface area contributed by atoms with Crippen LogP contribution in [0.1, 0.15) is 40.9 Å². The molecule has 0 unspecified atom stereocenters. The van der Waals surface area contributed by atoms with Crippen molar-refractivity contribution in [3.05, 3.63) is 17.2 Å². The van der Waals surface area contributed by atoms with E-state index in [9.17, 15) is 4.79 Å². The summed E-state index contributed by atoms with van der Waals surface area (Å²) < 4.78 is 3.16.